The van der Waals surface area contributed by atoms with Gasteiger partial charge in [-0.2, -0.15) is 0 Å². The van der Waals surface area contributed by atoms with Crippen molar-refractivity contribution in [2.24, 2.45) is 5.41 Å². The molecule has 0 saturated carbocycles. The van der Waals surface area contributed by atoms with Crippen LogP contribution in [0.1, 0.15) is 31.9 Å². The van der Waals surface area contributed by atoms with Gasteiger partial charge >= 0.3 is 0 Å². The normalized spacial score (nSPS) is 11.1. The van der Waals surface area contributed by atoms with Crippen molar-refractivity contribution in [2.45, 2.75) is 34.2 Å². The molecule has 1 N–H and O–H groups in total. The Labute approximate surface area is 160 Å². The Hall–Kier alpha value is -2.33. The fraction of sp³-hybridized carbons (Fsp3) is 0.333. The lowest BCUT2D eigenvalue weighted by atomic mass is 9.89. The van der Waals surface area contributed by atoms with Crippen molar-refractivity contribution >= 4 is 29.1 Å². The van der Waals surface area contributed by atoms with Gasteiger partial charge in [0.15, 0.2) is 0 Å². The fourth-order valence-corrected chi connectivity index (χ4v) is 2.80. The number of aryl methyl sites for hydroxylation is 1. The molecular weight excluding hydrogens is 348 g/mol. The van der Waals surface area contributed by atoms with Crippen LogP contribution >= 0.6 is 11.6 Å². The number of carbonyl (C=O) groups excluding carboxylic acids is 2. The first kappa shape index (κ1) is 20.0. The number of benzene rings is 2. The summed E-state index contributed by atoms with van der Waals surface area (Å²) in [5.41, 5.74) is 1.35. The predicted octanol–water partition coefficient (Wildman–Crippen LogP) is 4.66. The van der Waals surface area contributed by atoms with E-state index in [1.807, 2.05) is 50.2 Å². The molecule has 5 heteroatoms. The van der Waals surface area contributed by atoms with Crippen LogP contribution < -0.4 is 5.32 Å². The summed E-state index contributed by atoms with van der Waals surface area (Å²) in [6.07, 6.45) is 0. The van der Waals surface area contributed by atoms with Gasteiger partial charge in [-0.15, -0.1) is 0 Å². The average Bonchev–Trinajstić information content (AvgIpc) is 2.62. The van der Waals surface area contributed by atoms with Crippen LogP contribution in [0, 0.1) is 12.3 Å². The third kappa shape index (κ3) is 4.64. The van der Waals surface area contributed by atoms with Crippen LogP contribution in [0.5, 0.6) is 0 Å². The van der Waals surface area contributed by atoms with Crippen molar-refractivity contribution in [2.75, 3.05) is 11.9 Å². The van der Waals surface area contributed by atoms with Crippen LogP contribution in [-0.2, 0) is 16.1 Å². The summed E-state index contributed by atoms with van der Waals surface area (Å²) in [6.45, 7) is 8.10. The minimum atomic E-state index is -1.19. The van der Waals surface area contributed by atoms with E-state index in [0.717, 1.165) is 11.1 Å². The number of rotatable bonds is 6. The Bertz CT molecular complexity index is 788. The lowest BCUT2D eigenvalue weighted by Gasteiger charge is -2.30. The first-order chi connectivity index (χ1) is 12.3. The number of carbonyl (C=O) groups is 2. The molecule has 0 saturated heterocycles. The molecule has 2 rings (SSSR count). The van der Waals surface area contributed by atoms with Gasteiger partial charge < -0.3 is 10.2 Å². The smallest absolute Gasteiger partial charge is 0.239 e. The molecule has 0 aliphatic rings. The maximum absolute atomic E-state index is 13.0. The monoisotopic (exact) mass is 372 g/mol. The minimum absolute atomic E-state index is 0.207. The number of hydrogen-bond acceptors (Lipinski definition) is 2. The second-order valence-corrected chi connectivity index (χ2v) is 7.28. The molecule has 26 heavy (non-hydrogen) atoms. The number of nitrogens with zero attached hydrogens (tertiary/aromatic N) is 1. The molecule has 4 nitrogen and oxygen atoms in total. The van der Waals surface area contributed by atoms with Crippen molar-refractivity contribution in [1.29, 1.82) is 0 Å². The van der Waals surface area contributed by atoms with E-state index in [1.54, 1.807) is 30.9 Å². The average molecular weight is 373 g/mol. The van der Waals surface area contributed by atoms with Crippen LogP contribution in [0.3, 0.4) is 0 Å². The van der Waals surface area contributed by atoms with Gasteiger partial charge in [0.25, 0.3) is 0 Å². The number of nitrogens with one attached hydrogen (secondary N) is 1. The summed E-state index contributed by atoms with van der Waals surface area (Å²) in [6, 6.07) is 15.0. The zero-order valence-corrected chi connectivity index (χ0v) is 16.4. The maximum atomic E-state index is 13.0. The van der Waals surface area contributed by atoms with E-state index in [2.05, 4.69) is 5.32 Å². The SMILES string of the molecule is CCN(Cc1ccccc1)C(=O)C(C)(C)C(=O)Nc1cc(Cl)ccc1C. The van der Waals surface area contributed by atoms with Crippen LogP contribution in [0.4, 0.5) is 5.69 Å². The molecule has 0 aliphatic heterocycles. The zero-order valence-electron chi connectivity index (χ0n) is 15.7. The molecule has 0 unspecified atom stereocenters. The molecule has 0 atom stereocenters. The lowest BCUT2D eigenvalue weighted by molar-refractivity contribution is -0.146. The van der Waals surface area contributed by atoms with Crippen molar-refractivity contribution in [3.05, 3.63) is 64.7 Å². The molecule has 0 fully saturated rings. The molecule has 0 aromatic heterocycles. The molecule has 2 aromatic rings. The van der Waals surface area contributed by atoms with Gasteiger partial charge in [-0.1, -0.05) is 48.0 Å². The van der Waals surface area contributed by atoms with Crippen LogP contribution in [0.25, 0.3) is 0 Å². The summed E-state index contributed by atoms with van der Waals surface area (Å²) in [7, 11) is 0. The molecular formula is C21H25ClN2O2. The van der Waals surface area contributed by atoms with E-state index in [4.69, 9.17) is 11.6 Å². The molecule has 0 heterocycles. The van der Waals surface area contributed by atoms with Crippen LogP contribution in [-0.4, -0.2) is 23.3 Å². The Morgan fingerprint density at radius 2 is 1.77 bits per heavy atom. The summed E-state index contributed by atoms with van der Waals surface area (Å²) >= 11 is 6.01. The third-order valence-corrected chi connectivity index (χ3v) is 4.67. The van der Waals surface area contributed by atoms with E-state index >= 15 is 0 Å². The van der Waals surface area contributed by atoms with Gasteiger partial charge in [-0.3, -0.25) is 9.59 Å². The lowest BCUT2D eigenvalue weighted by Crippen LogP contribution is -2.47. The second kappa shape index (κ2) is 8.37. The first-order valence-electron chi connectivity index (χ1n) is 8.66. The predicted molar refractivity (Wildman–Crippen MR) is 106 cm³/mol. The fourth-order valence-electron chi connectivity index (χ4n) is 2.63. The summed E-state index contributed by atoms with van der Waals surface area (Å²) in [5.74, 6) is -0.555. The maximum Gasteiger partial charge on any atom is 0.239 e. The molecule has 0 aliphatic carbocycles. The van der Waals surface area contributed by atoms with Gasteiger partial charge in [-0.05, 0) is 51.0 Å². The standard InChI is InChI=1S/C21H25ClN2O2/c1-5-24(14-16-9-7-6-8-10-16)20(26)21(3,4)19(25)23-18-13-17(22)12-11-15(18)2/h6-13H,5,14H2,1-4H3,(H,23,25). The highest BCUT2D eigenvalue weighted by molar-refractivity contribution is 6.31. The second-order valence-electron chi connectivity index (χ2n) is 6.84. The van der Waals surface area contributed by atoms with E-state index < -0.39 is 5.41 Å². The highest BCUT2D eigenvalue weighted by Crippen LogP contribution is 2.26. The molecule has 2 amide bonds. The Morgan fingerprint density at radius 1 is 1.12 bits per heavy atom. The number of anilines is 1. The van der Waals surface area contributed by atoms with Gasteiger partial charge in [0.1, 0.15) is 5.41 Å². The summed E-state index contributed by atoms with van der Waals surface area (Å²) in [5, 5.41) is 3.38. The van der Waals surface area contributed by atoms with Crippen LogP contribution in [0.2, 0.25) is 5.02 Å². The zero-order chi connectivity index (χ0) is 19.3. The summed E-state index contributed by atoms with van der Waals surface area (Å²) < 4.78 is 0. The van der Waals surface area contributed by atoms with Gasteiger partial charge in [0, 0.05) is 23.8 Å². The molecule has 0 spiro atoms. The topological polar surface area (TPSA) is 49.4 Å². The Morgan fingerprint density at radius 3 is 2.38 bits per heavy atom. The molecule has 2 aromatic carbocycles. The number of hydrogen-bond donors (Lipinski definition) is 1. The van der Waals surface area contributed by atoms with Crippen molar-refractivity contribution < 1.29 is 9.59 Å². The van der Waals surface area contributed by atoms with Crippen molar-refractivity contribution in [1.82, 2.24) is 4.90 Å². The largest absolute Gasteiger partial charge is 0.338 e. The number of amides is 2. The summed E-state index contributed by atoms with van der Waals surface area (Å²) in [4.78, 5) is 27.5. The van der Waals surface area contributed by atoms with Crippen LogP contribution in [0.15, 0.2) is 48.5 Å². The van der Waals surface area contributed by atoms with E-state index in [1.165, 1.54) is 0 Å². The highest BCUT2D eigenvalue weighted by atomic mass is 35.5. The Kier molecular flexibility index (Phi) is 6.43. The van der Waals surface area contributed by atoms with Gasteiger partial charge in [0.05, 0.1) is 0 Å². The van der Waals surface area contributed by atoms with Gasteiger partial charge in [-0.25, -0.2) is 0 Å². The van der Waals surface area contributed by atoms with Gasteiger partial charge in [0.2, 0.25) is 11.8 Å². The highest BCUT2D eigenvalue weighted by Gasteiger charge is 2.39. The third-order valence-electron chi connectivity index (χ3n) is 4.44. The number of halogens is 1. The van der Waals surface area contributed by atoms with E-state index in [-0.39, 0.29) is 11.8 Å². The molecule has 0 radical (unpaired) electrons. The molecule has 0 bridgehead atoms. The van der Waals surface area contributed by atoms with E-state index in [9.17, 15) is 9.59 Å². The Balaban J connectivity index is 2.16. The quantitative estimate of drug-likeness (QED) is 0.749. The van der Waals surface area contributed by atoms with Crippen molar-refractivity contribution in [3.8, 4) is 0 Å². The first-order valence-corrected chi connectivity index (χ1v) is 9.04. The molecule has 138 valence electrons. The minimum Gasteiger partial charge on any atom is -0.338 e. The van der Waals surface area contributed by atoms with Crippen molar-refractivity contribution in [3.63, 3.8) is 0 Å². The van der Waals surface area contributed by atoms with E-state index in [0.29, 0.717) is 23.8 Å².